The summed E-state index contributed by atoms with van der Waals surface area (Å²) in [6.07, 6.45) is 14.0. The first-order valence-corrected chi connectivity index (χ1v) is 9.79. The lowest BCUT2D eigenvalue weighted by Crippen LogP contribution is -2.23. The standard InChI is InChI=1S/C24H36N2/c1-7-11-12-19-26(24(13-8-2)14-9-3)21(5)20-22-15-17-23(18-16-22)25(6)10-4/h8,10,13-18H,4-5,7,9,11-12,19-20H2,1-3,6H3/b13-8-,24-14+. The summed E-state index contributed by atoms with van der Waals surface area (Å²) in [6, 6.07) is 8.65. The number of hydrogen-bond acceptors (Lipinski definition) is 2. The highest BCUT2D eigenvalue weighted by molar-refractivity contribution is 5.49. The number of unbranched alkanes of at least 4 members (excludes halogenated alkanes) is 2. The van der Waals surface area contributed by atoms with Gasteiger partial charge in [0, 0.05) is 37.1 Å². The summed E-state index contributed by atoms with van der Waals surface area (Å²) in [4.78, 5) is 4.41. The third-order valence-corrected chi connectivity index (χ3v) is 4.46. The molecule has 0 aliphatic carbocycles. The van der Waals surface area contributed by atoms with E-state index in [-0.39, 0.29) is 0 Å². The summed E-state index contributed by atoms with van der Waals surface area (Å²) in [5.74, 6) is 0. The zero-order valence-electron chi connectivity index (χ0n) is 17.2. The smallest absolute Gasteiger partial charge is 0.0403 e. The van der Waals surface area contributed by atoms with Gasteiger partial charge in [-0.3, -0.25) is 0 Å². The molecular weight excluding hydrogens is 316 g/mol. The topological polar surface area (TPSA) is 6.48 Å². The number of nitrogens with zero attached hydrogens (tertiary/aromatic N) is 2. The third-order valence-electron chi connectivity index (χ3n) is 4.46. The SMILES string of the molecule is C=CN(C)c1ccc(CC(=C)N(CCCCC)C(/C=C\C)=C/CC)cc1. The van der Waals surface area contributed by atoms with Crippen LogP contribution < -0.4 is 4.90 Å². The van der Waals surface area contributed by atoms with Crippen molar-refractivity contribution in [1.82, 2.24) is 4.90 Å². The summed E-state index contributed by atoms with van der Waals surface area (Å²) in [7, 11) is 2.01. The zero-order valence-corrected chi connectivity index (χ0v) is 17.2. The Morgan fingerprint density at radius 3 is 2.35 bits per heavy atom. The summed E-state index contributed by atoms with van der Waals surface area (Å²) in [6.45, 7) is 15.8. The molecule has 142 valence electrons. The van der Waals surface area contributed by atoms with Gasteiger partial charge in [0.1, 0.15) is 0 Å². The van der Waals surface area contributed by atoms with Gasteiger partial charge in [0.25, 0.3) is 0 Å². The molecule has 26 heavy (non-hydrogen) atoms. The summed E-state index contributed by atoms with van der Waals surface area (Å²) < 4.78 is 0. The lowest BCUT2D eigenvalue weighted by molar-refractivity contribution is 0.412. The maximum atomic E-state index is 4.41. The molecule has 0 aromatic heterocycles. The van der Waals surface area contributed by atoms with E-state index >= 15 is 0 Å². The van der Waals surface area contributed by atoms with Crippen molar-refractivity contribution in [2.24, 2.45) is 0 Å². The van der Waals surface area contributed by atoms with Crippen molar-refractivity contribution >= 4 is 5.69 Å². The second kappa shape index (κ2) is 12.2. The minimum absolute atomic E-state index is 0.864. The van der Waals surface area contributed by atoms with Gasteiger partial charge in [-0.05, 0) is 49.7 Å². The van der Waals surface area contributed by atoms with Crippen LogP contribution in [0.2, 0.25) is 0 Å². The van der Waals surface area contributed by atoms with E-state index in [4.69, 9.17) is 0 Å². The van der Waals surface area contributed by atoms with Crippen molar-refractivity contribution in [2.45, 2.75) is 52.9 Å². The summed E-state index contributed by atoms with van der Waals surface area (Å²) in [5, 5.41) is 0. The molecule has 0 heterocycles. The van der Waals surface area contributed by atoms with Crippen LogP contribution in [0.4, 0.5) is 5.69 Å². The molecule has 1 rings (SSSR count). The molecule has 0 aliphatic heterocycles. The van der Waals surface area contributed by atoms with Crippen LogP contribution in [0.3, 0.4) is 0 Å². The van der Waals surface area contributed by atoms with Crippen molar-refractivity contribution in [1.29, 1.82) is 0 Å². The fraction of sp³-hybridized carbons (Fsp3) is 0.417. The third kappa shape index (κ3) is 6.95. The first-order valence-electron chi connectivity index (χ1n) is 9.79. The maximum absolute atomic E-state index is 4.41. The van der Waals surface area contributed by atoms with E-state index in [1.807, 2.05) is 18.1 Å². The highest BCUT2D eigenvalue weighted by atomic mass is 15.1. The van der Waals surface area contributed by atoms with Crippen molar-refractivity contribution in [3.05, 3.63) is 78.8 Å². The summed E-state index contributed by atoms with van der Waals surface area (Å²) in [5.41, 5.74) is 4.85. The van der Waals surface area contributed by atoms with E-state index in [0.29, 0.717) is 0 Å². The maximum Gasteiger partial charge on any atom is 0.0403 e. The molecule has 0 unspecified atom stereocenters. The van der Waals surface area contributed by atoms with Gasteiger partial charge in [-0.1, -0.05) is 64.1 Å². The number of rotatable bonds is 12. The molecule has 0 fully saturated rings. The Bertz CT molecular complexity index is 608. The number of anilines is 1. The second-order valence-corrected chi connectivity index (χ2v) is 6.60. The molecule has 0 atom stereocenters. The van der Waals surface area contributed by atoms with Gasteiger partial charge >= 0.3 is 0 Å². The molecule has 0 saturated carbocycles. The molecule has 0 aliphatic rings. The highest BCUT2D eigenvalue weighted by Gasteiger charge is 2.11. The Labute approximate surface area is 161 Å². The fourth-order valence-corrected chi connectivity index (χ4v) is 2.92. The van der Waals surface area contributed by atoms with Crippen LogP contribution in [0, 0.1) is 0 Å². The Balaban J connectivity index is 2.93. The van der Waals surface area contributed by atoms with E-state index in [1.54, 1.807) is 0 Å². The Hall–Kier alpha value is -2.22. The lowest BCUT2D eigenvalue weighted by Gasteiger charge is -2.28. The van der Waals surface area contributed by atoms with Gasteiger partial charge in [0.2, 0.25) is 0 Å². The van der Waals surface area contributed by atoms with Crippen molar-refractivity contribution in [2.75, 3.05) is 18.5 Å². The van der Waals surface area contributed by atoms with Gasteiger partial charge in [0.05, 0.1) is 0 Å². The quantitative estimate of drug-likeness (QED) is 0.305. The molecule has 0 bridgehead atoms. The molecule has 0 spiro atoms. The fourth-order valence-electron chi connectivity index (χ4n) is 2.92. The Morgan fingerprint density at radius 2 is 1.81 bits per heavy atom. The van der Waals surface area contributed by atoms with Crippen LogP contribution >= 0.6 is 0 Å². The molecule has 1 aromatic rings. The van der Waals surface area contributed by atoms with Crippen LogP contribution in [-0.2, 0) is 6.42 Å². The number of benzene rings is 1. The van der Waals surface area contributed by atoms with Crippen molar-refractivity contribution in [3.63, 3.8) is 0 Å². The molecule has 0 radical (unpaired) electrons. The molecular formula is C24H36N2. The number of hydrogen-bond donors (Lipinski definition) is 0. The average Bonchev–Trinajstić information content (AvgIpc) is 2.65. The minimum Gasteiger partial charge on any atom is -0.352 e. The van der Waals surface area contributed by atoms with Crippen LogP contribution in [0.15, 0.2) is 73.2 Å². The van der Waals surface area contributed by atoms with Crippen LogP contribution in [0.5, 0.6) is 0 Å². The predicted octanol–water partition coefficient (Wildman–Crippen LogP) is 6.68. The van der Waals surface area contributed by atoms with E-state index in [9.17, 15) is 0 Å². The largest absolute Gasteiger partial charge is 0.352 e. The Kier molecular flexibility index (Phi) is 10.2. The van der Waals surface area contributed by atoms with E-state index in [1.165, 1.54) is 30.5 Å². The average molecular weight is 353 g/mol. The van der Waals surface area contributed by atoms with Crippen LogP contribution in [0.1, 0.15) is 52.0 Å². The predicted molar refractivity (Wildman–Crippen MR) is 117 cm³/mol. The van der Waals surface area contributed by atoms with E-state index in [2.05, 4.69) is 81.3 Å². The monoisotopic (exact) mass is 352 g/mol. The van der Waals surface area contributed by atoms with Crippen LogP contribution in [-0.4, -0.2) is 18.5 Å². The number of allylic oxidation sites excluding steroid dienone is 4. The highest BCUT2D eigenvalue weighted by Crippen LogP contribution is 2.21. The molecule has 2 heteroatoms. The van der Waals surface area contributed by atoms with Crippen molar-refractivity contribution in [3.8, 4) is 0 Å². The van der Waals surface area contributed by atoms with Gasteiger partial charge in [-0.25, -0.2) is 0 Å². The molecule has 0 amide bonds. The second-order valence-electron chi connectivity index (χ2n) is 6.60. The molecule has 2 nitrogen and oxygen atoms in total. The van der Waals surface area contributed by atoms with Crippen LogP contribution in [0.25, 0.3) is 0 Å². The van der Waals surface area contributed by atoms with Crippen molar-refractivity contribution < 1.29 is 0 Å². The van der Waals surface area contributed by atoms with Gasteiger partial charge in [0.15, 0.2) is 0 Å². The summed E-state index contributed by atoms with van der Waals surface area (Å²) >= 11 is 0. The minimum atomic E-state index is 0.864. The van der Waals surface area contributed by atoms with Gasteiger partial charge in [-0.15, -0.1) is 0 Å². The lowest BCUT2D eigenvalue weighted by atomic mass is 10.1. The Morgan fingerprint density at radius 1 is 1.12 bits per heavy atom. The zero-order chi connectivity index (χ0) is 19.4. The molecule has 0 N–H and O–H groups in total. The first kappa shape index (κ1) is 21.8. The molecule has 1 aromatic carbocycles. The normalized spacial score (nSPS) is 11.6. The van der Waals surface area contributed by atoms with E-state index < -0.39 is 0 Å². The van der Waals surface area contributed by atoms with Gasteiger partial charge in [-0.2, -0.15) is 0 Å². The molecule has 0 saturated heterocycles. The van der Waals surface area contributed by atoms with Gasteiger partial charge < -0.3 is 9.80 Å². The van der Waals surface area contributed by atoms with E-state index in [0.717, 1.165) is 30.8 Å². The first-order chi connectivity index (χ1) is 12.6.